The molecule has 0 saturated carbocycles. The predicted octanol–water partition coefficient (Wildman–Crippen LogP) is 5.53. The lowest BCUT2D eigenvalue weighted by Crippen LogP contribution is -2.38. The molecule has 3 rings (SSSR count). The van der Waals surface area contributed by atoms with Crippen molar-refractivity contribution in [3.05, 3.63) is 65.2 Å². The van der Waals surface area contributed by atoms with Crippen LogP contribution in [0, 0.1) is 0 Å². The molecule has 2 aromatic rings. The molecule has 174 valence electrons. The molecule has 1 amide bonds. The molecule has 1 atom stereocenters. The van der Waals surface area contributed by atoms with Gasteiger partial charge in [0.1, 0.15) is 11.4 Å². The zero-order chi connectivity index (χ0) is 23.1. The lowest BCUT2D eigenvalue weighted by atomic mass is 10.0. The minimum Gasteiger partial charge on any atom is -0.493 e. The molecular weight excluding hydrogens is 400 g/mol. The maximum absolute atomic E-state index is 12.2. The Bertz CT molecular complexity index is 854. The number of hydrogen-bond acceptors (Lipinski definition) is 4. The Hall–Kier alpha value is -2.53. The van der Waals surface area contributed by atoms with Crippen LogP contribution in [-0.4, -0.2) is 42.3 Å². The van der Waals surface area contributed by atoms with Crippen molar-refractivity contribution in [3.8, 4) is 5.75 Å². The van der Waals surface area contributed by atoms with E-state index in [1.807, 2.05) is 20.8 Å². The number of benzene rings is 2. The largest absolute Gasteiger partial charge is 0.493 e. The molecule has 1 aliphatic heterocycles. The first-order valence-electron chi connectivity index (χ1n) is 11.7. The highest BCUT2D eigenvalue weighted by Gasteiger charge is 2.29. The molecule has 0 spiro atoms. The number of rotatable bonds is 8. The third-order valence-corrected chi connectivity index (χ3v) is 5.66. The highest BCUT2D eigenvalue weighted by atomic mass is 16.6. The Labute approximate surface area is 193 Å². The van der Waals surface area contributed by atoms with Gasteiger partial charge in [-0.1, -0.05) is 50.2 Å². The Balaban J connectivity index is 1.37. The van der Waals surface area contributed by atoms with E-state index < -0.39 is 5.60 Å². The van der Waals surface area contributed by atoms with Gasteiger partial charge < -0.3 is 19.7 Å². The van der Waals surface area contributed by atoms with Gasteiger partial charge in [-0.05, 0) is 61.9 Å². The second kappa shape index (κ2) is 10.9. The van der Waals surface area contributed by atoms with E-state index in [4.69, 9.17) is 9.47 Å². The Morgan fingerprint density at radius 3 is 2.34 bits per heavy atom. The van der Waals surface area contributed by atoms with Crippen LogP contribution in [0.25, 0.3) is 0 Å². The first kappa shape index (κ1) is 24.1. The summed E-state index contributed by atoms with van der Waals surface area (Å²) in [7, 11) is 0. The summed E-state index contributed by atoms with van der Waals surface area (Å²) < 4.78 is 11.4. The van der Waals surface area contributed by atoms with Crippen LogP contribution in [0.2, 0.25) is 0 Å². The highest BCUT2D eigenvalue weighted by Crippen LogP contribution is 2.19. The minimum absolute atomic E-state index is 0.218. The summed E-state index contributed by atoms with van der Waals surface area (Å²) in [4.78, 5) is 14.0. The number of ether oxygens (including phenoxy) is 2. The number of carbonyl (C=O) groups excluding carboxylic acids is 1. The van der Waals surface area contributed by atoms with E-state index in [0.717, 1.165) is 31.7 Å². The van der Waals surface area contributed by atoms with E-state index in [1.165, 1.54) is 16.7 Å². The first-order valence-corrected chi connectivity index (χ1v) is 11.7. The summed E-state index contributed by atoms with van der Waals surface area (Å²) in [5, 5.41) is 3.57. The van der Waals surface area contributed by atoms with Gasteiger partial charge in [-0.2, -0.15) is 0 Å². The van der Waals surface area contributed by atoms with Gasteiger partial charge in [0.15, 0.2) is 0 Å². The van der Waals surface area contributed by atoms with Crippen LogP contribution < -0.4 is 10.1 Å². The molecule has 1 N–H and O–H groups in total. The average molecular weight is 439 g/mol. The van der Waals surface area contributed by atoms with E-state index >= 15 is 0 Å². The normalized spacial score (nSPS) is 16.4. The van der Waals surface area contributed by atoms with Gasteiger partial charge in [0, 0.05) is 32.1 Å². The summed E-state index contributed by atoms with van der Waals surface area (Å²) in [6.45, 7) is 13.0. The second-order valence-corrected chi connectivity index (χ2v) is 9.93. The highest BCUT2D eigenvalue weighted by molar-refractivity contribution is 5.68. The van der Waals surface area contributed by atoms with Gasteiger partial charge in [-0.3, -0.25) is 0 Å². The van der Waals surface area contributed by atoms with Gasteiger partial charge in [0.05, 0.1) is 6.61 Å². The van der Waals surface area contributed by atoms with Gasteiger partial charge in [0.25, 0.3) is 0 Å². The molecule has 1 saturated heterocycles. The molecule has 1 heterocycles. The zero-order valence-corrected chi connectivity index (χ0v) is 20.2. The van der Waals surface area contributed by atoms with Crippen molar-refractivity contribution < 1.29 is 14.3 Å². The topological polar surface area (TPSA) is 50.8 Å². The number of amides is 1. The third-order valence-electron chi connectivity index (χ3n) is 5.66. The lowest BCUT2D eigenvalue weighted by Gasteiger charge is -2.24. The van der Waals surface area contributed by atoms with Crippen molar-refractivity contribution in [1.29, 1.82) is 0 Å². The molecule has 1 aliphatic rings. The Kier molecular flexibility index (Phi) is 8.19. The number of nitrogens with one attached hydrogen (secondary N) is 1. The molecule has 0 aliphatic carbocycles. The fourth-order valence-electron chi connectivity index (χ4n) is 3.74. The monoisotopic (exact) mass is 438 g/mol. The van der Waals surface area contributed by atoms with Crippen molar-refractivity contribution in [3.63, 3.8) is 0 Å². The van der Waals surface area contributed by atoms with Crippen LogP contribution in [0.5, 0.6) is 5.75 Å². The smallest absolute Gasteiger partial charge is 0.410 e. The van der Waals surface area contributed by atoms with Crippen LogP contribution >= 0.6 is 0 Å². The third kappa shape index (κ3) is 7.56. The van der Waals surface area contributed by atoms with Gasteiger partial charge >= 0.3 is 6.09 Å². The molecule has 0 aromatic heterocycles. The fraction of sp³-hybridized carbons (Fsp3) is 0.519. The Morgan fingerprint density at radius 2 is 1.72 bits per heavy atom. The van der Waals surface area contributed by atoms with E-state index in [9.17, 15) is 4.79 Å². The van der Waals surface area contributed by atoms with Gasteiger partial charge in [-0.15, -0.1) is 0 Å². The first-order chi connectivity index (χ1) is 15.2. The summed E-state index contributed by atoms with van der Waals surface area (Å²) >= 11 is 0. The van der Waals surface area contributed by atoms with Crippen molar-refractivity contribution in [2.45, 2.75) is 71.6 Å². The van der Waals surface area contributed by atoms with E-state index in [2.05, 4.69) is 67.7 Å². The summed E-state index contributed by atoms with van der Waals surface area (Å²) in [5.74, 6) is 1.46. The van der Waals surface area contributed by atoms with Gasteiger partial charge in [0.2, 0.25) is 0 Å². The molecule has 32 heavy (non-hydrogen) atoms. The van der Waals surface area contributed by atoms with Crippen LogP contribution in [0.3, 0.4) is 0 Å². The summed E-state index contributed by atoms with van der Waals surface area (Å²) in [6.07, 6.45) is 1.61. The van der Waals surface area contributed by atoms with Crippen LogP contribution in [0.1, 0.15) is 63.6 Å². The second-order valence-electron chi connectivity index (χ2n) is 9.93. The Morgan fingerprint density at radius 1 is 1.06 bits per heavy atom. The molecule has 0 radical (unpaired) electrons. The van der Waals surface area contributed by atoms with Crippen molar-refractivity contribution in [1.82, 2.24) is 10.2 Å². The zero-order valence-electron chi connectivity index (χ0n) is 20.2. The molecule has 2 aromatic carbocycles. The average Bonchev–Trinajstić information content (AvgIpc) is 3.22. The maximum Gasteiger partial charge on any atom is 0.410 e. The molecule has 0 bridgehead atoms. The number of hydrogen-bond donors (Lipinski definition) is 1. The van der Waals surface area contributed by atoms with Crippen LogP contribution in [0.15, 0.2) is 48.5 Å². The van der Waals surface area contributed by atoms with Gasteiger partial charge in [-0.25, -0.2) is 4.79 Å². The molecule has 5 heteroatoms. The van der Waals surface area contributed by atoms with E-state index in [0.29, 0.717) is 25.1 Å². The molecule has 1 fully saturated rings. The maximum atomic E-state index is 12.2. The quantitative estimate of drug-likeness (QED) is 0.589. The van der Waals surface area contributed by atoms with Crippen LogP contribution in [-0.2, 0) is 17.7 Å². The van der Waals surface area contributed by atoms with Crippen LogP contribution in [0.4, 0.5) is 4.79 Å². The lowest BCUT2D eigenvalue weighted by molar-refractivity contribution is 0.0291. The fourth-order valence-corrected chi connectivity index (χ4v) is 3.74. The van der Waals surface area contributed by atoms with Crippen molar-refractivity contribution >= 4 is 6.09 Å². The number of carbonyl (C=O) groups is 1. The standard InChI is InChI=1S/C27H38N2O3/c1-20(2)23-10-12-25(13-11-23)31-17-15-21-6-8-22(9-7-21)18-28-24-14-16-29(19-24)26(30)32-27(3,4)5/h6-13,20,24,28H,14-19H2,1-5H3/t24-/m0/s1. The van der Waals surface area contributed by atoms with E-state index in [-0.39, 0.29) is 6.09 Å². The van der Waals surface area contributed by atoms with Crippen molar-refractivity contribution in [2.24, 2.45) is 0 Å². The van der Waals surface area contributed by atoms with Crippen molar-refractivity contribution in [2.75, 3.05) is 19.7 Å². The molecular formula is C27H38N2O3. The predicted molar refractivity (Wildman–Crippen MR) is 129 cm³/mol. The number of nitrogens with zero attached hydrogens (tertiary/aromatic N) is 1. The molecule has 0 unspecified atom stereocenters. The minimum atomic E-state index is -0.451. The number of likely N-dealkylation sites (tertiary alicyclic amines) is 1. The summed E-state index contributed by atoms with van der Waals surface area (Å²) in [5.41, 5.74) is 3.39. The molecule has 5 nitrogen and oxygen atoms in total. The van der Waals surface area contributed by atoms with E-state index in [1.54, 1.807) is 4.90 Å². The SMILES string of the molecule is CC(C)c1ccc(OCCc2ccc(CN[C@H]3CCN(C(=O)OC(C)(C)C)C3)cc2)cc1. The summed E-state index contributed by atoms with van der Waals surface area (Å²) in [6, 6.07) is 17.4.